The average molecular weight is 418 g/mol. The summed E-state index contributed by atoms with van der Waals surface area (Å²) in [6.07, 6.45) is 8.88. The largest absolute Gasteiger partial charge is 0.143 e. The van der Waals surface area contributed by atoms with Gasteiger partial charge in [0.15, 0.2) is 0 Å². The number of hydrogen-bond donors (Lipinski definition) is 0. The Morgan fingerprint density at radius 3 is 2.40 bits per heavy atom. The highest BCUT2D eigenvalue weighted by atomic mass is 79.9. The maximum atomic E-state index is 4.14. The van der Waals surface area contributed by atoms with Gasteiger partial charge in [0, 0.05) is 14.2 Å². The van der Waals surface area contributed by atoms with Crippen molar-refractivity contribution in [1.29, 1.82) is 0 Å². The van der Waals surface area contributed by atoms with Gasteiger partial charge >= 0.3 is 0 Å². The lowest BCUT2D eigenvalue weighted by atomic mass is 9.44. The van der Waals surface area contributed by atoms with Crippen LogP contribution >= 0.6 is 43.2 Å². The van der Waals surface area contributed by atoms with E-state index in [1.807, 2.05) is 11.3 Å². The van der Waals surface area contributed by atoms with Crippen molar-refractivity contribution in [3.63, 3.8) is 0 Å². The molecule has 5 rings (SSSR count). The number of thiophene rings is 1. The van der Waals surface area contributed by atoms with E-state index in [1.54, 1.807) is 4.88 Å². The molecular formula is C17H22Br2S. The van der Waals surface area contributed by atoms with Crippen LogP contribution in [0.1, 0.15) is 60.0 Å². The molecule has 1 heterocycles. The smallest absolute Gasteiger partial charge is 0.0546 e. The van der Waals surface area contributed by atoms with Gasteiger partial charge in [0.25, 0.3) is 0 Å². The van der Waals surface area contributed by atoms with Gasteiger partial charge < -0.3 is 0 Å². The zero-order valence-corrected chi connectivity index (χ0v) is 16.2. The Balaban J connectivity index is 1.70. The molecule has 4 aliphatic rings. The summed E-state index contributed by atoms with van der Waals surface area (Å²) in [5.41, 5.74) is 1.18. The summed E-state index contributed by atoms with van der Waals surface area (Å²) >= 11 is 9.81. The maximum absolute atomic E-state index is 4.14. The predicted molar refractivity (Wildman–Crippen MR) is 93.6 cm³/mol. The topological polar surface area (TPSA) is 0 Å². The van der Waals surface area contributed by atoms with Gasteiger partial charge in [0.05, 0.1) is 4.83 Å². The molecule has 0 aliphatic heterocycles. The van der Waals surface area contributed by atoms with Crippen molar-refractivity contribution in [2.45, 2.75) is 57.2 Å². The minimum atomic E-state index is 0.537. The van der Waals surface area contributed by atoms with Crippen molar-refractivity contribution in [1.82, 2.24) is 0 Å². The summed E-state index contributed by atoms with van der Waals surface area (Å²) in [5.74, 6) is 2.01. The van der Waals surface area contributed by atoms with E-state index < -0.39 is 0 Å². The summed E-state index contributed by atoms with van der Waals surface area (Å²) in [7, 11) is 0. The van der Waals surface area contributed by atoms with Gasteiger partial charge in [-0.15, -0.1) is 11.3 Å². The molecule has 0 amide bonds. The van der Waals surface area contributed by atoms with E-state index in [0.29, 0.717) is 15.7 Å². The molecule has 0 N–H and O–H groups in total. The Labute approximate surface area is 143 Å². The molecule has 4 saturated carbocycles. The van der Waals surface area contributed by atoms with E-state index in [0.717, 1.165) is 11.8 Å². The first-order valence-corrected chi connectivity index (χ1v) is 10.3. The molecule has 3 unspecified atom stereocenters. The fraction of sp³-hybridized carbons (Fsp3) is 0.765. The van der Waals surface area contributed by atoms with Gasteiger partial charge in [0.2, 0.25) is 0 Å². The van der Waals surface area contributed by atoms with Crippen molar-refractivity contribution >= 4 is 43.2 Å². The van der Waals surface area contributed by atoms with Crippen LogP contribution in [-0.4, -0.2) is 0 Å². The normalized spacial score (nSPS) is 44.0. The molecule has 3 heteroatoms. The molecule has 1 aromatic heterocycles. The van der Waals surface area contributed by atoms with E-state index >= 15 is 0 Å². The van der Waals surface area contributed by atoms with Gasteiger partial charge in [-0.3, -0.25) is 0 Å². The molecule has 4 aliphatic carbocycles. The van der Waals surface area contributed by atoms with Crippen LogP contribution in [0.2, 0.25) is 0 Å². The van der Waals surface area contributed by atoms with Crippen LogP contribution in [0.25, 0.3) is 0 Å². The van der Waals surface area contributed by atoms with Crippen molar-refractivity contribution in [2.24, 2.45) is 22.7 Å². The second-order valence-electron chi connectivity index (χ2n) is 8.05. The Hall–Kier alpha value is 0.660. The Morgan fingerprint density at radius 2 is 1.90 bits per heavy atom. The SMILES string of the molecule is Cc1sc(C(Br)C23CC4CC(CC(C)(C4)C2)C3)cc1Br. The first-order valence-electron chi connectivity index (χ1n) is 7.79. The van der Waals surface area contributed by atoms with E-state index in [1.165, 1.54) is 47.9 Å². The molecule has 3 atom stereocenters. The zero-order chi connectivity index (χ0) is 14.1. The minimum Gasteiger partial charge on any atom is -0.143 e. The standard InChI is InChI=1S/C17H22Br2S/c1-10-13(18)4-14(20-10)15(19)17-7-11-3-12(8-17)6-16(2,5-11)9-17/h4,11-12,15H,3,5-9H2,1-2H3. The van der Waals surface area contributed by atoms with Crippen molar-refractivity contribution in [2.75, 3.05) is 0 Å². The van der Waals surface area contributed by atoms with E-state index in [4.69, 9.17) is 0 Å². The first-order chi connectivity index (χ1) is 9.39. The number of hydrogen-bond acceptors (Lipinski definition) is 1. The highest BCUT2D eigenvalue weighted by molar-refractivity contribution is 9.10. The number of rotatable bonds is 2. The molecule has 0 spiro atoms. The maximum Gasteiger partial charge on any atom is 0.0546 e. The van der Waals surface area contributed by atoms with Crippen LogP contribution < -0.4 is 0 Å². The molecular weight excluding hydrogens is 396 g/mol. The third-order valence-corrected chi connectivity index (χ3v) is 10.0. The van der Waals surface area contributed by atoms with Crippen LogP contribution in [0, 0.1) is 29.6 Å². The minimum absolute atomic E-state index is 0.537. The average Bonchev–Trinajstić information content (AvgIpc) is 2.65. The molecule has 0 aromatic carbocycles. The van der Waals surface area contributed by atoms with E-state index in [-0.39, 0.29) is 0 Å². The Bertz CT molecular complexity index is 514. The zero-order valence-electron chi connectivity index (χ0n) is 12.2. The first kappa shape index (κ1) is 14.3. The van der Waals surface area contributed by atoms with E-state index in [2.05, 4.69) is 51.8 Å². The predicted octanol–water partition coefficient (Wildman–Crippen LogP) is 6.86. The molecule has 0 radical (unpaired) electrons. The third-order valence-electron chi connectivity index (χ3n) is 6.06. The van der Waals surface area contributed by atoms with Crippen LogP contribution in [0.4, 0.5) is 0 Å². The summed E-state index contributed by atoms with van der Waals surface area (Å²) < 4.78 is 1.29. The fourth-order valence-corrected chi connectivity index (χ4v) is 8.63. The van der Waals surface area contributed by atoms with Crippen LogP contribution in [0.3, 0.4) is 0 Å². The number of alkyl halides is 1. The molecule has 4 bridgehead atoms. The Morgan fingerprint density at radius 1 is 1.25 bits per heavy atom. The van der Waals surface area contributed by atoms with Gasteiger partial charge in [-0.1, -0.05) is 22.9 Å². The summed E-state index contributed by atoms with van der Waals surface area (Å²) in [6.45, 7) is 4.79. The monoisotopic (exact) mass is 416 g/mol. The van der Waals surface area contributed by atoms with Crippen molar-refractivity contribution < 1.29 is 0 Å². The Kier molecular flexibility index (Phi) is 3.27. The van der Waals surface area contributed by atoms with E-state index in [9.17, 15) is 0 Å². The lowest BCUT2D eigenvalue weighted by Crippen LogP contribution is -2.52. The highest BCUT2D eigenvalue weighted by Crippen LogP contribution is 2.70. The number of halogens is 2. The molecule has 4 fully saturated rings. The molecule has 1 aromatic rings. The van der Waals surface area contributed by atoms with Gasteiger partial charge in [-0.05, 0) is 90.1 Å². The molecule has 0 saturated heterocycles. The van der Waals surface area contributed by atoms with Gasteiger partial charge in [-0.2, -0.15) is 0 Å². The number of aryl methyl sites for hydroxylation is 1. The lowest BCUT2D eigenvalue weighted by molar-refractivity contribution is -0.101. The van der Waals surface area contributed by atoms with Crippen LogP contribution in [-0.2, 0) is 0 Å². The summed E-state index contributed by atoms with van der Waals surface area (Å²) in [5, 5.41) is 0. The second-order valence-corrected chi connectivity index (χ2v) is 11.1. The van der Waals surface area contributed by atoms with Gasteiger partial charge in [0.1, 0.15) is 0 Å². The van der Waals surface area contributed by atoms with Gasteiger partial charge in [-0.25, -0.2) is 0 Å². The fourth-order valence-electron chi connectivity index (χ4n) is 6.00. The summed E-state index contributed by atoms with van der Waals surface area (Å²) in [4.78, 5) is 3.52. The second kappa shape index (κ2) is 4.58. The lowest BCUT2D eigenvalue weighted by Gasteiger charge is -2.62. The summed E-state index contributed by atoms with van der Waals surface area (Å²) in [6, 6.07) is 2.36. The van der Waals surface area contributed by atoms with Crippen molar-refractivity contribution in [3.05, 3.63) is 20.3 Å². The quantitative estimate of drug-likeness (QED) is 0.461. The molecule has 0 nitrogen and oxygen atoms in total. The third kappa shape index (κ3) is 2.10. The van der Waals surface area contributed by atoms with Crippen molar-refractivity contribution in [3.8, 4) is 0 Å². The molecule has 110 valence electrons. The van der Waals surface area contributed by atoms with Crippen LogP contribution in [0.15, 0.2) is 10.5 Å². The molecule has 20 heavy (non-hydrogen) atoms. The van der Waals surface area contributed by atoms with Crippen LogP contribution in [0.5, 0.6) is 0 Å². The highest BCUT2D eigenvalue weighted by Gasteiger charge is 2.58.